The fourth-order valence-electron chi connectivity index (χ4n) is 0.653. The molecule has 0 aliphatic rings. The van der Waals surface area contributed by atoms with Gasteiger partial charge in [-0.05, 0) is 0 Å². The lowest BCUT2D eigenvalue weighted by molar-refractivity contribution is -0.890. The lowest BCUT2D eigenvalue weighted by Gasteiger charge is -2.27. The summed E-state index contributed by atoms with van der Waals surface area (Å²) in [6.45, 7) is 1.79. The molecule has 2 N–H and O–H groups in total. The fraction of sp³-hybridized carbons (Fsp3) is 1.00. The van der Waals surface area contributed by atoms with Gasteiger partial charge < -0.3 is 19.2 Å². The molecular weight excluding hydrogens is 267 g/mol. The van der Waals surface area contributed by atoms with Gasteiger partial charge in [-0.15, -0.1) is 0 Å². The average Bonchev–Trinajstić information content (AvgIpc) is 2.00. The Morgan fingerprint density at radius 1 is 1.12 bits per heavy atom. The molecule has 0 aliphatic heterocycles. The van der Waals surface area contributed by atoms with Crippen LogP contribution in [0, 0.1) is 0 Å². The summed E-state index contributed by atoms with van der Waals surface area (Å²) in [5.41, 5.74) is -5.65. The molecule has 0 bridgehead atoms. The zero-order chi connectivity index (χ0) is 14.3. The van der Waals surface area contributed by atoms with Crippen molar-refractivity contribution in [1.29, 1.82) is 0 Å². The Labute approximate surface area is 97.6 Å². The van der Waals surface area contributed by atoms with E-state index in [0.29, 0.717) is 17.6 Å². The predicted molar refractivity (Wildman–Crippen MR) is 51.8 cm³/mol. The van der Waals surface area contributed by atoms with Crippen molar-refractivity contribution in [2.45, 2.75) is 5.51 Å². The van der Waals surface area contributed by atoms with Crippen LogP contribution in [0.2, 0.25) is 0 Å². The molecule has 6 nitrogen and oxygen atoms in total. The van der Waals surface area contributed by atoms with Gasteiger partial charge in [0.2, 0.25) is 0 Å². The van der Waals surface area contributed by atoms with Crippen molar-refractivity contribution >= 4 is 10.1 Å². The zero-order valence-electron chi connectivity index (χ0n) is 9.44. The smallest absolute Gasteiger partial charge is 0.485 e. The number of rotatable bonds is 4. The van der Waals surface area contributed by atoms with Gasteiger partial charge in [0.15, 0.2) is 10.1 Å². The van der Waals surface area contributed by atoms with E-state index >= 15 is 0 Å². The van der Waals surface area contributed by atoms with E-state index in [-0.39, 0.29) is 13.2 Å². The first-order chi connectivity index (χ1) is 7.37. The van der Waals surface area contributed by atoms with E-state index in [1.165, 1.54) is 0 Å². The maximum Gasteiger partial charge on any atom is 0.485 e. The monoisotopic (exact) mass is 283 g/mol. The predicted octanol–water partition coefficient (Wildman–Crippen LogP) is -0.901. The van der Waals surface area contributed by atoms with Crippen molar-refractivity contribution in [3.63, 3.8) is 0 Å². The van der Waals surface area contributed by atoms with E-state index in [9.17, 15) is 13.2 Å². The van der Waals surface area contributed by atoms with Gasteiger partial charge in [0.05, 0.1) is 27.3 Å². The summed E-state index contributed by atoms with van der Waals surface area (Å²) in [5.74, 6) is 0. The molecule has 0 saturated carbocycles. The van der Waals surface area contributed by atoms with E-state index < -0.39 is 15.6 Å². The van der Waals surface area contributed by atoms with Gasteiger partial charge in [0, 0.05) is 0 Å². The van der Waals surface area contributed by atoms with Crippen LogP contribution >= 0.6 is 0 Å². The van der Waals surface area contributed by atoms with Crippen LogP contribution in [0.15, 0.2) is 0 Å². The molecule has 10 heteroatoms. The summed E-state index contributed by atoms with van der Waals surface area (Å²) < 4.78 is 59.6. The van der Waals surface area contributed by atoms with Crippen LogP contribution < -0.4 is 0 Å². The number of nitrogens with zero attached hydrogens (tertiary/aromatic N) is 1. The van der Waals surface area contributed by atoms with Crippen LogP contribution in [-0.4, -0.2) is 73.6 Å². The fourth-order valence-corrected chi connectivity index (χ4v) is 0.653. The quantitative estimate of drug-likeness (QED) is 0.396. The number of aliphatic hydroxyl groups is 2. The summed E-state index contributed by atoms with van der Waals surface area (Å²) in [4.78, 5) is 0. The highest BCUT2D eigenvalue weighted by molar-refractivity contribution is 7.86. The van der Waals surface area contributed by atoms with Crippen molar-refractivity contribution in [2.75, 3.05) is 40.4 Å². The molecule has 0 aromatic rings. The highest BCUT2D eigenvalue weighted by Crippen LogP contribution is 2.20. The zero-order valence-corrected chi connectivity index (χ0v) is 10.3. The van der Waals surface area contributed by atoms with Crippen LogP contribution in [-0.2, 0) is 10.1 Å². The first-order valence-corrected chi connectivity index (χ1v) is 5.84. The topological polar surface area (TPSA) is 97.7 Å². The summed E-state index contributed by atoms with van der Waals surface area (Å²) in [7, 11) is -2.13. The Bertz CT molecular complexity index is 293. The summed E-state index contributed by atoms with van der Waals surface area (Å²) >= 11 is 0. The largest absolute Gasteiger partial charge is 0.741 e. The van der Waals surface area contributed by atoms with Gasteiger partial charge >= 0.3 is 5.51 Å². The van der Waals surface area contributed by atoms with E-state index in [1.54, 1.807) is 0 Å². The molecule has 0 amide bonds. The third kappa shape index (κ3) is 10.5. The Hall–Kier alpha value is -0.420. The van der Waals surface area contributed by atoms with Crippen LogP contribution in [0.4, 0.5) is 13.2 Å². The normalized spacial score (nSPS) is 12.9. The Kier molecular flexibility index (Phi) is 7.92. The molecule has 0 spiro atoms. The van der Waals surface area contributed by atoms with Crippen molar-refractivity contribution in [1.82, 2.24) is 0 Å². The van der Waals surface area contributed by atoms with Crippen LogP contribution in [0.1, 0.15) is 0 Å². The molecule has 0 aromatic heterocycles. The molecule has 0 heterocycles. The number of hydrogen-bond donors (Lipinski definition) is 2. The van der Waals surface area contributed by atoms with Crippen LogP contribution in [0.5, 0.6) is 0 Å². The van der Waals surface area contributed by atoms with E-state index in [4.69, 9.17) is 23.2 Å². The number of likely N-dealkylation sites (N-methyl/N-ethyl adjacent to an activating group) is 1. The number of halogens is 3. The van der Waals surface area contributed by atoms with Crippen LogP contribution in [0.25, 0.3) is 0 Å². The van der Waals surface area contributed by atoms with Crippen molar-refractivity contribution < 1.29 is 40.8 Å². The Morgan fingerprint density at radius 3 is 1.47 bits per heavy atom. The molecule has 0 unspecified atom stereocenters. The minimum absolute atomic E-state index is 0.188. The second-order valence-electron chi connectivity index (χ2n) is 3.73. The van der Waals surface area contributed by atoms with Gasteiger partial charge in [0.25, 0.3) is 0 Å². The second-order valence-corrected chi connectivity index (χ2v) is 5.10. The highest BCUT2D eigenvalue weighted by atomic mass is 32.2. The van der Waals surface area contributed by atoms with E-state index in [0.717, 1.165) is 0 Å². The Morgan fingerprint density at radius 2 is 1.35 bits per heavy atom. The first kappa shape index (κ1) is 18.9. The van der Waals surface area contributed by atoms with Crippen LogP contribution in [0.3, 0.4) is 0 Å². The third-order valence-electron chi connectivity index (χ3n) is 1.69. The lowest BCUT2D eigenvalue weighted by atomic mass is 10.4. The molecule has 17 heavy (non-hydrogen) atoms. The molecule has 0 atom stereocenters. The summed E-state index contributed by atoms with van der Waals surface area (Å²) in [6.07, 6.45) is 0. The van der Waals surface area contributed by atoms with Crippen molar-refractivity contribution in [2.24, 2.45) is 0 Å². The molecule has 0 saturated heterocycles. The maximum atomic E-state index is 10.7. The van der Waals surface area contributed by atoms with Gasteiger partial charge in [-0.3, -0.25) is 0 Å². The first-order valence-electron chi connectivity index (χ1n) is 4.43. The molecule has 0 fully saturated rings. The molecule has 0 aliphatic carbocycles. The average molecular weight is 283 g/mol. The minimum Gasteiger partial charge on any atom is -0.741 e. The lowest BCUT2D eigenvalue weighted by Crippen LogP contribution is -2.43. The number of quaternary nitrogens is 1. The molecule has 106 valence electrons. The highest BCUT2D eigenvalue weighted by Gasteiger charge is 2.36. The third-order valence-corrected chi connectivity index (χ3v) is 2.26. The van der Waals surface area contributed by atoms with Gasteiger partial charge in [-0.25, -0.2) is 8.42 Å². The second kappa shape index (κ2) is 7.11. The number of alkyl halides is 3. The standard InChI is InChI=1S/C6H16NO2.CHF3O3S/c1-7(2,3-5-8)4-6-9;2-1(3,4)8(5,6)7/h8-9H,3-6H2,1-2H3;(H,5,6,7)/q+1;/p-1. The van der Waals surface area contributed by atoms with E-state index in [1.807, 2.05) is 14.1 Å². The Balaban J connectivity index is 0. The molecule has 0 radical (unpaired) electrons. The van der Waals surface area contributed by atoms with Gasteiger partial charge in [0.1, 0.15) is 13.1 Å². The summed E-state index contributed by atoms with van der Waals surface area (Å²) in [5, 5.41) is 17.1. The van der Waals surface area contributed by atoms with Crippen molar-refractivity contribution in [3.8, 4) is 0 Å². The minimum atomic E-state index is -6.09. The maximum absolute atomic E-state index is 10.7. The summed E-state index contributed by atoms with van der Waals surface area (Å²) in [6, 6.07) is 0. The van der Waals surface area contributed by atoms with Crippen molar-refractivity contribution in [3.05, 3.63) is 0 Å². The molecular formula is C7H16F3NO5S. The van der Waals surface area contributed by atoms with Gasteiger partial charge in [-0.1, -0.05) is 0 Å². The van der Waals surface area contributed by atoms with E-state index in [2.05, 4.69) is 0 Å². The molecule has 0 rings (SSSR count). The van der Waals surface area contributed by atoms with Gasteiger partial charge in [-0.2, -0.15) is 13.2 Å². The molecule has 0 aromatic carbocycles. The SMILES string of the molecule is C[N+](C)(CCO)CCO.O=S(=O)([O-])C(F)(F)F. The number of aliphatic hydroxyl groups excluding tert-OH is 2. The number of hydrogen-bond acceptors (Lipinski definition) is 5.